The van der Waals surface area contributed by atoms with Crippen LogP contribution in [0.5, 0.6) is 0 Å². The Hall–Kier alpha value is -4.92. The summed E-state index contributed by atoms with van der Waals surface area (Å²) in [4.78, 5) is 53.2. The van der Waals surface area contributed by atoms with Gasteiger partial charge in [-0.1, -0.05) is 60.7 Å². The Kier molecular flexibility index (Phi) is 7.17. The van der Waals surface area contributed by atoms with Gasteiger partial charge in [-0.15, -0.1) is 0 Å². The molecule has 0 saturated carbocycles. The van der Waals surface area contributed by atoms with Gasteiger partial charge >= 0.3 is 0 Å². The summed E-state index contributed by atoms with van der Waals surface area (Å²) < 4.78 is 0. The highest BCUT2D eigenvalue weighted by Gasteiger charge is 2.20. The van der Waals surface area contributed by atoms with Crippen LogP contribution in [0.3, 0.4) is 0 Å². The number of hydrogen-bond acceptors (Lipinski definition) is 4. The Balaban J connectivity index is 1.30. The van der Waals surface area contributed by atoms with E-state index in [-0.39, 0.29) is 30.0 Å². The zero-order valence-corrected chi connectivity index (χ0v) is 20.6. The van der Waals surface area contributed by atoms with Crippen LogP contribution in [-0.2, 0) is 35.8 Å². The lowest BCUT2D eigenvalue weighted by atomic mass is 10.1. The van der Waals surface area contributed by atoms with Crippen molar-refractivity contribution in [1.29, 1.82) is 0 Å². The molecule has 0 fully saturated rings. The summed E-state index contributed by atoms with van der Waals surface area (Å²) in [5.41, 5.74) is 5.26. The number of carbonyl (C=O) groups excluding carboxylic acids is 4. The minimum atomic E-state index is -0.317. The molecule has 38 heavy (non-hydrogen) atoms. The predicted octanol–water partition coefficient (Wildman–Crippen LogP) is 2.38. The fourth-order valence-corrected chi connectivity index (χ4v) is 4.19. The van der Waals surface area contributed by atoms with E-state index in [0.717, 1.165) is 22.3 Å². The van der Waals surface area contributed by atoms with Crippen LogP contribution in [-0.4, -0.2) is 28.6 Å². The number of nitrogens with one attached hydrogen (secondary N) is 5. The van der Waals surface area contributed by atoms with Crippen molar-refractivity contribution in [2.24, 2.45) is 0 Å². The molecule has 5 N–H and O–H groups in total. The average Bonchev–Trinajstić information content (AvgIpc) is 3.64. The molecule has 192 valence electrons. The van der Waals surface area contributed by atoms with Crippen LogP contribution in [0.25, 0.3) is 0 Å². The molecular weight excluding hydrogens is 482 g/mol. The molecule has 9 heteroatoms. The molecule has 4 aliphatic heterocycles. The normalized spacial score (nSPS) is 16.7. The van der Waals surface area contributed by atoms with Crippen molar-refractivity contribution in [3.05, 3.63) is 118 Å². The van der Waals surface area contributed by atoms with Crippen LogP contribution in [0.4, 0.5) is 0 Å². The molecule has 5 aliphatic rings. The highest BCUT2D eigenvalue weighted by molar-refractivity contribution is 6.01. The van der Waals surface area contributed by atoms with E-state index in [1.807, 2.05) is 48.5 Å². The second-order valence-corrected chi connectivity index (χ2v) is 9.21. The van der Waals surface area contributed by atoms with E-state index in [0.29, 0.717) is 48.7 Å². The van der Waals surface area contributed by atoms with Crippen LogP contribution in [0.1, 0.15) is 49.7 Å². The van der Waals surface area contributed by atoms with Crippen LogP contribution >= 0.6 is 0 Å². The van der Waals surface area contributed by atoms with E-state index >= 15 is 0 Å². The van der Waals surface area contributed by atoms with E-state index in [2.05, 4.69) is 26.3 Å². The second kappa shape index (κ2) is 11.0. The van der Waals surface area contributed by atoms with Crippen LogP contribution in [0, 0.1) is 0 Å². The van der Waals surface area contributed by atoms with Crippen LogP contribution in [0.2, 0.25) is 0 Å². The lowest BCUT2D eigenvalue weighted by molar-refractivity contribution is -0.117. The maximum Gasteiger partial charge on any atom is 0.267 e. The molecule has 9 nitrogen and oxygen atoms in total. The molecule has 2 aromatic carbocycles. The van der Waals surface area contributed by atoms with Crippen molar-refractivity contribution in [3.63, 3.8) is 0 Å². The summed E-state index contributed by atoms with van der Waals surface area (Å²) in [6, 6.07) is 18.2. The molecular formula is C29H27N5O4. The van der Waals surface area contributed by atoms with Crippen LogP contribution in [0.15, 0.2) is 84.0 Å². The molecule has 0 saturated heterocycles. The first kappa shape index (κ1) is 24.8. The Labute approximate surface area is 219 Å². The zero-order valence-electron chi connectivity index (χ0n) is 20.6. The summed E-state index contributed by atoms with van der Waals surface area (Å²) in [7, 11) is 0. The number of aromatic nitrogens is 1. The van der Waals surface area contributed by atoms with Gasteiger partial charge in [0.05, 0.1) is 0 Å². The van der Waals surface area contributed by atoms with Crippen molar-refractivity contribution >= 4 is 23.6 Å². The topological polar surface area (TPSA) is 132 Å². The van der Waals surface area contributed by atoms with Gasteiger partial charge in [-0.3, -0.25) is 19.2 Å². The SMILES string of the molecule is O=C1NCc2ccc(cc2)CNC(=O)c2ccc([nH]2)C(=O)NCc2ccc(cc2)CNC(=O)C2=CC=C1C2. The maximum atomic E-state index is 12.6. The third-order valence-corrected chi connectivity index (χ3v) is 6.48. The Morgan fingerprint density at radius 2 is 0.737 bits per heavy atom. The van der Waals surface area contributed by atoms with Crippen molar-refractivity contribution in [2.75, 3.05) is 0 Å². The Morgan fingerprint density at radius 3 is 1.08 bits per heavy atom. The standard InChI is InChI=1S/C29H27N5O4/c35-26-22-9-10-23(13-22)27(36)31-15-19-3-7-21(8-4-19)17-33-29(38)25-12-11-24(34-25)28(37)32-16-20-5-1-18(2-6-20)14-30-26/h1-12,34H,13-17H2,(H,30,35)(H,31,36)(H,32,37)(H,33,38). The average molecular weight is 510 g/mol. The third-order valence-electron chi connectivity index (χ3n) is 6.48. The van der Waals surface area contributed by atoms with Gasteiger partial charge in [0.1, 0.15) is 11.4 Å². The summed E-state index contributed by atoms with van der Waals surface area (Å²) in [5.74, 6) is -1.06. The van der Waals surface area contributed by atoms with E-state index in [1.54, 1.807) is 24.3 Å². The third kappa shape index (κ3) is 5.89. The Morgan fingerprint density at radius 1 is 0.421 bits per heavy atom. The van der Waals surface area contributed by atoms with E-state index in [9.17, 15) is 19.2 Å². The van der Waals surface area contributed by atoms with Crippen molar-refractivity contribution in [3.8, 4) is 0 Å². The van der Waals surface area contributed by atoms with Gasteiger partial charge in [0, 0.05) is 43.7 Å². The number of rotatable bonds is 0. The lowest BCUT2D eigenvalue weighted by Crippen LogP contribution is -2.27. The number of benzene rings is 2. The fraction of sp³-hybridized carbons (Fsp3) is 0.172. The van der Waals surface area contributed by atoms with Crippen molar-refractivity contribution in [1.82, 2.24) is 26.3 Å². The maximum absolute atomic E-state index is 12.6. The zero-order chi connectivity index (χ0) is 26.5. The number of hydrogen-bond donors (Lipinski definition) is 5. The van der Waals surface area contributed by atoms with Crippen molar-refractivity contribution in [2.45, 2.75) is 32.6 Å². The molecule has 5 heterocycles. The highest BCUT2D eigenvalue weighted by Crippen LogP contribution is 2.20. The van der Waals surface area contributed by atoms with Gasteiger partial charge in [0.15, 0.2) is 0 Å². The van der Waals surface area contributed by atoms with Gasteiger partial charge in [-0.2, -0.15) is 0 Å². The molecule has 0 unspecified atom stereocenters. The highest BCUT2D eigenvalue weighted by atomic mass is 16.2. The smallest absolute Gasteiger partial charge is 0.267 e. The molecule has 8 bridgehead atoms. The molecule has 4 amide bonds. The van der Waals surface area contributed by atoms with Crippen LogP contribution < -0.4 is 21.3 Å². The fourth-order valence-electron chi connectivity index (χ4n) is 4.19. The number of H-pyrrole nitrogens is 1. The molecule has 8 rings (SSSR count). The number of aromatic amines is 1. The quantitative estimate of drug-likeness (QED) is 0.318. The van der Waals surface area contributed by atoms with E-state index in [4.69, 9.17) is 0 Å². The Bertz CT molecular complexity index is 1340. The summed E-state index contributed by atoms with van der Waals surface area (Å²) in [5, 5.41) is 11.5. The number of allylic oxidation sites excluding steroid dienone is 2. The molecule has 0 atom stereocenters. The molecule has 1 aliphatic carbocycles. The molecule has 3 aromatic rings. The number of amides is 4. The van der Waals surface area contributed by atoms with E-state index < -0.39 is 0 Å². The first-order valence-corrected chi connectivity index (χ1v) is 12.3. The van der Waals surface area contributed by atoms with Gasteiger partial charge in [0.2, 0.25) is 11.8 Å². The largest absolute Gasteiger partial charge is 0.348 e. The van der Waals surface area contributed by atoms with Gasteiger partial charge in [-0.25, -0.2) is 0 Å². The van der Waals surface area contributed by atoms with Gasteiger partial charge in [-0.05, 0) is 34.4 Å². The first-order valence-electron chi connectivity index (χ1n) is 12.3. The molecule has 0 radical (unpaired) electrons. The monoisotopic (exact) mass is 509 g/mol. The lowest BCUT2D eigenvalue weighted by Gasteiger charge is -2.10. The summed E-state index contributed by atoms with van der Waals surface area (Å²) in [6.07, 6.45) is 3.63. The first-order chi connectivity index (χ1) is 18.4. The minimum absolute atomic E-state index is 0.213. The number of carbonyl (C=O) groups is 4. The molecule has 0 spiro atoms. The predicted molar refractivity (Wildman–Crippen MR) is 140 cm³/mol. The summed E-state index contributed by atoms with van der Waals surface area (Å²) in [6.45, 7) is 1.30. The summed E-state index contributed by atoms with van der Waals surface area (Å²) >= 11 is 0. The van der Waals surface area contributed by atoms with E-state index in [1.165, 1.54) is 0 Å². The van der Waals surface area contributed by atoms with Gasteiger partial charge < -0.3 is 26.3 Å². The minimum Gasteiger partial charge on any atom is -0.348 e. The van der Waals surface area contributed by atoms with Crippen molar-refractivity contribution < 1.29 is 19.2 Å². The van der Waals surface area contributed by atoms with Gasteiger partial charge in [0.25, 0.3) is 11.8 Å². The molecule has 1 aromatic heterocycles. The second-order valence-electron chi connectivity index (χ2n) is 9.21.